The molecule has 1 heterocycles. The second-order valence-corrected chi connectivity index (χ2v) is 6.99. The van der Waals surface area contributed by atoms with Crippen molar-refractivity contribution in [2.45, 2.75) is 44.3 Å². The molecule has 1 saturated carbocycles. The first-order chi connectivity index (χ1) is 9.11. The van der Waals surface area contributed by atoms with Crippen LogP contribution in [0.5, 0.6) is 0 Å². The molecule has 0 bridgehead atoms. The van der Waals surface area contributed by atoms with Gasteiger partial charge in [0, 0.05) is 30.0 Å². The van der Waals surface area contributed by atoms with Crippen LogP contribution in [0.1, 0.15) is 39.0 Å². The Balaban J connectivity index is 1.93. The van der Waals surface area contributed by atoms with Crippen molar-refractivity contribution in [1.82, 2.24) is 4.90 Å². The van der Waals surface area contributed by atoms with Crippen LogP contribution in [-0.4, -0.2) is 46.0 Å². The predicted molar refractivity (Wildman–Crippen MR) is 76.2 cm³/mol. The van der Waals surface area contributed by atoms with Gasteiger partial charge in [-0.25, -0.2) is 0 Å². The fraction of sp³-hybridized carbons (Fsp3) is 0.857. The van der Waals surface area contributed by atoms with E-state index in [2.05, 4.69) is 6.92 Å². The zero-order chi connectivity index (χ0) is 13.8. The number of nitrogens with zero attached hydrogens (tertiary/aromatic N) is 1. The lowest BCUT2D eigenvalue weighted by Gasteiger charge is -2.36. The van der Waals surface area contributed by atoms with Gasteiger partial charge in [0.15, 0.2) is 0 Å². The van der Waals surface area contributed by atoms with Crippen LogP contribution in [-0.2, 0) is 9.59 Å². The number of carbonyl (C=O) groups excluding carboxylic acids is 1. The van der Waals surface area contributed by atoms with E-state index in [4.69, 9.17) is 5.11 Å². The summed E-state index contributed by atoms with van der Waals surface area (Å²) in [4.78, 5) is 25.5. The predicted octanol–water partition coefficient (Wildman–Crippen LogP) is 2.23. The molecule has 0 aromatic rings. The number of rotatable bonds is 3. The summed E-state index contributed by atoms with van der Waals surface area (Å²) in [5, 5.41) is 9.65. The molecule has 0 spiro atoms. The van der Waals surface area contributed by atoms with Crippen molar-refractivity contribution in [2.24, 2.45) is 11.8 Å². The first-order valence-electron chi connectivity index (χ1n) is 7.25. The summed E-state index contributed by atoms with van der Waals surface area (Å²) < 4.78 is 0. The lowest BCUT2D eigenvalue weighted by molar-refractivity contribution is -0.145. The molecule has 0 aromatic heterocycles. The van der Waals surface area contributed by atoms with Crippen LogP contribution in [0.25, 0.3) is 0 Å². The molecule has 108 valence electrons. The van der Waals surface area contributed by atoms with Gasteiger partial charge < -0.3 is 10.0 Å². The molecule has 2 fully saturated rings. The Labute approximate surface area is 118 Å². The third-order valence-electron chi connectivity index (χ3n) is 4.28. The van der Waals surface area contributed by atoms with Crippen molar-refractivity contribution in [3.8, 4) is 0 Å². The van der Waals surface area contributed by atoms with Crippen molar-refractivity contribution in [3.05, 3.63) is 0 Å². The summed E-state index contributed by atoms with van der Waals surface area (Å²) in [6, 6.07) is 0. The van der Waals surface area contributed by atoms with E-state index < -0.39 is 5.97 Å². The van der Waals surface area contributed by atoms with Gasteiger partial charge in [-0.1, -0.05) is 13.3 Å². The largest absolute Gasteiger partial charge is 0.481 e. The van der Waals surface area contributed by atoms with Gasteiger partial charge in [-0.3, -0.25) is 9.59 Å². The van der Waals surface area contributed by atoms with E-state index in [1.165, 1.54) is 0 Å². The minimum atomic E-state index is -0.738. The van der Waals surface area contributed by atoms with Gasteiger partial charge in [-0.05, 0) is 25.7 Å². The SMILES string of the molecule is CCC1CN(C(=O)C2CCCC(C(=O)O)C2)CCS1. The molecular weight excluding hydrogens is 262 g/mol. The van der Waals surface area contributed by atoms with Crippen LogP contribution in [0.2, 0.25) is 0 Å². The molecule has 3 atom stereocenters. The van der Waals surface area contributed by atoms with Crippen LogP contribution in [0, 0.1) is 11.8 Å². The maximum absolute atomic E-state index is 12.5. The normalized spacial score (nSPS) is 32.1. The number of amides is 1. The van der Waals surface area contributed by atoms with Gasteiger partial charge in [-0.2, -0.15) is 11.8 Å². The molecule has 2 rings (SSSR count). The van der Waals surface area contributed by atoms with Crippen molar-refractivity contribution >= 4 is 23.6 Å². The molecule has 19 heavy (non-hydrogen) atoms. The molecule has 1 aliphatic carbocycles. The fourth-order valence-electron chi connectivity index (χ4n) is 3.06. The summed E-state index contributed by atoms with van der Waals surface area (Å²) in [6.07, 6.45) is 4.09. The molecule has 4 nitrogen and oxygen atoms in total. The Hall–Kier alpha value is -0.710. The second-order valence-electron chi connectivity index (χ2n) is 5.58. The van der Waals surface area contributed by atoms with E-state index in [1.54, 1.807) is 0 Å². The number of aliphatic carboxylic acids is 1. The molecule has 1 saturated heterocycles. The van der Waals surface area contributed by atoms with Gasteiger partial charge in [0.1, 0.15) is 0 Å². The molecular formula is C14H23NO3S. The highest BCUT2D eigenvalue weighted by Gasteiger charge is 2.34. The van der Waals surface area contributed by atoms with Gasteiger partial charge in [0.25, 0.3) is 0 Å². The molecule has 0 aromatic carbocycles. The highest BCUT2D eigenvalue weighted by molar-refractivity contribution is 8.00. The van der Waals surface area contributed by atoms with Crippen LogP contribution in [0.4, 0.5) is 0 Å². The molecule has 3 unspecified atom stereocenters. The fourth-order valence-corrected chi connectivity index (χ4v) is 4.24. The Morgan fingerprint density at radius 2 is 2.05 bits per heavy atom. The van der Waals surface area contributed by atoms with Crippen LogP contribution in [0.15, 0.2) is 0 Å². The van der Waals surface area contributed by atoms with E-state index in [0.29, 0.717) is 11.7 Å². The maximum atomic E-state index is 12.5. The van der Waals surface area contributed by atoms with Gasteiger partial charge >= 0.3 is 5.97 Å². The number of carboxylic acids is 1. The van der Waals surface area contributed by atoms with Crippen LogP contribution < -0.4 is 0 Å². The number of carboxylic acid groups (broad SMARTS) is 1. The molecule has 1 aliphatic heterocycles. The van der Waals surface area contributed by atoms with E-state index >= 15 is 0 Å². The smallest absolute Gasteiger partial charge is 0.306 e. The first-order valence-corrected chi connectivity index (χ1v) is 8.29. The average Bonchev–Trinajstić information content (AvgIpc) is 2.46. The Bertz CT molecular complexity index is 348. The molecule has 0 radical (unpaired) electrons. The topological polar surface area (TPSA) is 57.6 Å². The number of hydrogen-bond donors (Lipinski definition) is 1. The van der Waals surface area contributed by atoms with E-state index in [0.717, 1.165) is 44.5 Å². The Kier molecular flexibility index (Phi) is 5.13. The molecule has 1 N–H and O–H groups in total. The number of carbonyl (C=O) groups is 2. The van der Waals surface area contributed by atoms with Crippen molar-refractivity contribution in [2.75, 3.05) is 18.8 Å². The number of thioether (sulfide) groups is 1. The highest BCUT2D eigenvalue weighted by atomic mass is 32.2. The monoisotopic (exact) mass is 285 g/mol. The molecule has 5 heteroatoms. The lowest BCUT2D eigenvalue weighted by atomic mass is 9.80. The van der Waals surface area contributed by atoms with Crippen molar-refractivity contribution < 1.29 is 14.7 Å². The van der Waals surface area contributed by atoms with Crippen LogP contribution >= 0.6 is 11.8 Å². The summed E-state index contributed by atoms with van der Waals surface area (Å²) in [6.45, 7) is 3.83. The zero-order valence-electron chi connectivity index (χ0n) is 11.5. The zero-order valence-corrected chi connectivity index (χ0v) is 12.3. The minimum Gasteiger partial charge on any atom is -0.481 e. The first kappa shape index (κ1) is 14.7. The summed E-state index contributed by atoms with van der Waals surface area (Å²) in [7, 11) is 0. The average molecular weight is 285 g/mol. The lowest BCUT2D eigenvalue weighted by Crippen LogP contribution is -2.45. The van der Waals surface area contributed by atoms with Gasteiger partial charge in [0.2, 0.25) is 5.91 Å². The summed E-state index contributed by atoms with van der Waals surface area (Å²) >= 11 is 1.95. The van der Waals surface area contributed by atoms with E-state index in [9.17, 15) is 9.59 Å². The number of hydrogen-bond acceptors (Lipinski definition) is 3. The van der Waals surface area contributed by atoms with Gasteiger partial charge in [-0.15, -0.1) is 0 Å². The van der Waals surface area contributed by atoms with Crippen molar-refractivity contribution in [3.63, 3.8) is 0 Å². The molecule has 2 aliphatic rings. The van der Waals surface area contributed by atoms with Crippen molar-refractivity contribution in [1.29, 1.82) is 0 Å². The summed E-state index contributed by atoms with van der Waals surface area (Å²) in [5.74, 6) is 0.0985. The third-order valence-corrected chi connectivity index (χ3v) is 5.65. The maximum Gasteiger partial charge on any atom is 0.306 e. The summed E-state index contributed by atoms with van der Waals surface area (Å²) in [5.41, 5.74) is 0. The highest BCUT2D eigenvalue weighted by Crippen LogP contribution is 2.32. The molecule has 1 amide bonds. The Morgan fingerprint density at radius 3 is 2.74 bits per heavy atom. The van der Waals surface area contributed by atoms with E-state index in [-0.39, 0.29) is 17.7 Å². The Morgan fingerprint density at radius 1 is 1.32 bits per heavy atom. The van der Waals surface area contributed by atoms with E-state index in [1.807, 2.05) is 16.7 Å². The van der Waals surface area contributed by atoms with Gasteiger partial charge in [0.05, 0.1) is 5.92 Å². The quantitative estimate of drug-likeness (QED) is 0.864. The third kappa shape index (κ3) is 3.65. The minimum absolute atomic E-state index is 0.0598. The van der Waals surface area contributed by atoms with Crippen LogP contribution in [0.3, 0.4) is 0 Å². The standard InChI is InChI=1S/C14H23NO3S/c1-2-12-9-15(6-7-19-12)13(16)10-4-3-5-11(8-10)14(17)18/h10-12H,2-9H2,1H3,(H,17,18). The second kappa shape index (κ2) is 6.64.